The van der Waals surface area contributed by atoms with Crippen molar-refractivity contribution in [2.45, 2.75) is 0 Å². The second-order valence-corrected chi connectivity index (χ2v) is 7.15. The van der Waals surface area contributed by atoms with Crippen molar-refractivity contribution in [2.75, 3.05) is 11.5 Å². The number of ether oxygens (including phenoxy) is 1. The fraction of sp³-hybridized carbons (Fsp3) is 0.0526. The highest BCUT2D eigenvalue weighted by Gasteiger charge is 2.37. The molecule has 1 fully saturated rings. The van der Waals surface area contributed by atoms with E-state index in [1.165, 1.54) is 36.4 Å². The molecule has 3 rings (SSSR count). The Labute approximate surface area is 177 Å². The van der Waals surface area contributed by atoms with E-state index in [1.54, 1.807) is 12.1 Å². The number of carbonyl (C=O) groups is 4. The van der Waals surface area contributed by atoms with Gasteiger partial charge >= 0.3 is 12.0 Å². The molecule has 2 aromatic rings. The van der Waals surface area contributed by atoms with Gasteiger partial charge in [-0.1, -0.05) is 27.5 Å². The number of urea groups is 1. The summed E-state index contributed by atoms with van der Waals surface area (Å²) in [5.41, 5.74) is 0.139. The molecule has 0 unspecified atom stereocenters. The van der Waals surface area contributed by atoms with Gasteiger partial charge in [0.15, 0.2) is 6.61 Å². The summed E-state index contributed by atoms with van der Waals surface area (Å²) >= 11 is 9.24. The fourth-order valence-electron chi connectivity index (χ4n) is 2.54. The maximum absolute atomic E-state index is 12.9. The molecular weight excluding hydrogens is 468 g/mol. The van der Waals surface area contributed by atoms with Crippen LogP contribution in [0.3, 0.4) is 0 Å². The molecule has 4 amide bonds. The predicted octanol–water partition coefficient (Wildman–Crippen LogP) is 3.23. The Bertz CT molecular complexity index is 1050. The number of benzene rings is 2. The Morgan fingerprint density at radius 3 is 2.52 bits per heavy atom. The second-order valence-electron chi connectivity index (χ2n) is 5.80. The molecule has 1 aliphatic heterocycles. The largest absolute Gasteiger partial charge is 0.481 e. The number of carbonyl (C=O) groups excluding carboxylic acids is 3. The number of hydrogen-bond acceptors (Lipinski definition) is 5. The molecule has 2 aromatic carbocycles. The summed E-state index contributed by atoms with van der Waals surface area (Å²) in [5, 5.41) is 11.2. The number of carboxylic acids is 1. The Morgan fingerprint density at radius 1 is 1.17 bits per heavy atom. The Morgan fingerprint density at radius 2 is 1.86 bits per heavy atom. The van der Waals surface area contributed by atoms with E-state index in [0.29, 0.717) is 0 Å². The highest BCUT2D eigenvalue weighted by molar-refractivity contribution is 9.10. The number of amides is 4. The molecule has 148 valence electrons. The van der Waals surface area contributed by atoms with E-state index in [0.717, 1.165) is 9.37 Å². The lowest BCUT2D eigenvalue weighted by atomic mass is 10.1. The number of nitrogens with one attached hydrogen (secondary N) is 1. The fourth-order valence-corrected chi connectivity index (χ4v) is 2.99. The highest BCUT2D eigenvalue weighted by atomic mass is 79.9. The summed E-state index contributed by atoms with van der Waals surface area (Å²) < 4.78 is 5.93. The van der Waals surface area contributed by atoms with Crippen molar-refractivity contribution in [1.82, 2.24) is 5.32 Å². The number of barbiturate groups is 1. The highest BCUT2D eigenvalue weighted by Crippen LogP contribution is 2.28. The summed E-state index contributed by atoms with van der Waals surface area (Å²) in [4.78, 5) is 49.0. The van der Waals surface area contributed by atoms with Gasteiger partial charge in [0, 0.05) is 15.1 Å². The zero-order valence-electron chi connectivity index (χ0n) is 14.5. The van der Waals surface area contributed by atoms with E-state index in [1.807, 2.05) is 0 Å². The minimum absolute atomic E-state index is 0.108. The first-order chi connectivity index (χ1) is 13.8. The van der Waals surface area contributed by atoms with Crippen LogP contribution >= 0.6 is 27.5 Å². The van der Waals surface area contributed by atoms with Gasteiger partial charge in [-0.2, -0.15) is 0 Å². The molecular formula is C19H12BrClN2O6. The Hall–Kier alpha value is -3.17. The van der Waals surface area contributed by atoms with Crippen LogP contribution in [0.2, 0.25) is 5.02 Å². The van der Waals surface area contributed by atoms with Crippen molar-refractivity contribution in [3.05, 3.63) is 63.1 Å². The van der Waals surface area contributed by atoms with Crippen molar-refractivity contribution in [3.8, 4) is 5.75 Å². The van der Waals surface area contributed by atoms with Crippen molar-refractivity contribution in [1.29, 1.82) is 0 Å². The first kappa shape index (κ1) is 20.6. The summed E-state index contributed by atoms with van der Waals surface area (Å²) in [6.45, 7) is -0.624. The molecule has 0 aromatic heterocycles. The monoisotopic (exact) mass is 478 g/mol. The molecule has 1 aliphatic rings. The Kier molecular flexibility index (Phi) is 6.00. The minimum atomic E-state index is -1.20. The van der Waals surface area contributed by atoms with Crippen LogP contribution in [0.5, 0.6) is 5.75 Å². The van der Waals surface area contributed by atoms with E-state index in [-0.39, 0.29) is 27.6 Å². The van der Waals surface area contributed by atoms with Gasteiger partial charge in [-0.15, -0.1) is 0 Å². The number of anilines is 1. The molecule has 1 saturated heterocycles. The van der Waals surface area contributed by atoms with Crippen LogP contribution in [0.4, 0.5) is 10.5 Å². The van der Waals surface area contributed by atoms with Gasteiger partial charge in [0.2, 0.25) is 0 Å². The third-order valence-electron chi connectivity index (χ3n) is 3.81. The molecule has 1 heterocycles. The molecule has 0 aliphatic carbocycles. The van der Waals surface area contributed by atoms with Gasteiger partial charge in [0.1, 0.15) is 11.3 Å². The molecule has 10 heteroatoms. The Balaban J connectivity index is 2.01. The van der Waals surface area contributed by atoms with Crippen LogP contribution in [0.25, 0.3) is 6.08 Å². The first-order valence-corrected chi connectivity index (χ1v) is 9.24. The molecule has 2 N–H and O–H groups in total. The maximum Gasteiger partial charge on any atom is 0.341 e. The lowest BCUT2D eigenvalue weighted by molar-refractivity contribution is -0.139. The third-order valence-corrected chi connectivity index (χ3v) is 4.57. The van der Waals surface area contributed by atoms with Gasteiger partial charge in [-0.25, -0.2) is 14.5 Å². The smallest absolute Gasteiger partial charge is 0.341 e. The van der Waals surface area contributed by atoms with E-state index >= 15 is 0 Å². The van der Waals surface area contributed by atoms with Crippen LogP contribution in [0.1, 0.15) is 5.56 Å². The molecule has 0 atom stereocenters. The van der Waals surface area contributed by atoms with Crippen molar-refractivity contribution in [3.63, 3.8) is 0 Å². The van der Waals surface area contributed by atoms with E-state index < -0.39 is 30.4 Å². The third kappa shape index (κ3) is 4.64. The van der Waals surface area contributed by atoms with E-state index in [2.05, 4.69) is 21.2 Å². The van der Waals surface area contributed by atoms with Crippen LogP contribution < -0.4 is 15.0 Å². The summed E-state index contributed by atoms with van der Waals surface area (Å²) in [6, 6.07) is 9.78. The normalized spacial score (nSPS) is 15.4. The average molecular weight is 480 g/mol. The van der Waals surface area contributed by atoms with Crippen LogP contribution in [0, 0.1) is 0 Å². The van der Waals surface area contributed by atoms with Gasteiger partial charge in [-0.3, -0.25) is 14.9 Å². The lowest BCUT2D eigenvalue weighted by Gasteiger charge is -2.26. The zero-order valence-corrected chi connectivity index (χ0v) is 16.9. The van der Waals surface area contributed by atoms with Crippen LogP contribution in [0.15, 0.2) is 52.5 Å². The van der Waals surface area contributed by atoms with E-state index in [4.69, 9.17) is 21.4 Å². The zero-order chi connectivity index (χ0) is 21.1. The topological polar surface area (TPSA) is 113 Å². The molecule has 0 radical (unpaired) electrons. The summed E-state index contributed by atoms with van der Waals surface area (Å²) in [5.74, 6) is -2.82. The number of nitrogens with zero attached hydrogens (tertiary/aromatic N) is 1. The molecule has 29 heavy (non-hydrogen) atoms. The molecule has 0 spiro atoms. The van der Waals surface area contributed by atoms with Gasteiger partial charge < -0.3 is 9.84 Å². The average Bonchev–Trinajstić information content (AvgIpc) is 2.65. The van der Waals surface area contributed by atoms with Crippen molar-refractivity contribution >= 4 is 63.1 Å². The van der Waals surface area contributed by atoms with Crippen molar-refractivity contribution < 1.29 is 29.0 Å². The first-order valence-electron chi connectivity index (χ1n) is 8.07. The van der Waals surface area contributed by atoms with Crippen LogP contribution in [-0.4, -0.2) is 35.5 Å². The standard InChI is InChI=1S/C19H12BrClN2O6/c20-11-1-4-13(5-2-11)23-18(27)14(17(26)22-19(23)28)8-10-7-12(21)3-6-15(10)29-9-16(24)25/h1-8H,9H2,(H,24,25)(H,22,26,28)/b14-8+. The SMILES string of the molecule is O=C(O)COc1ccc(Cl)cc1/C=C1\C(=O)NC(=O)N(c2ccc(Br)cc2)C1=O. The van der Waals surface area contributed by atoms with Crippen LogP contribution in [-0.2, 0) is 14.4 Å². The molecule has 0 saturated carbocycles. The number of halogens is 2. The van der Waals surface area contributed by atoms with Gasteiger partial charge in [0.05, 0.1) is 5.69 Å². The van der Waals surface area contributed by atoms with Gasteiger partial charge in [-0.05, 0) is 48.5 Å². The molecule has 8 nitrogen and oxygen atoms in total. The molecule has 0 bridgehead atoms. The maximum atomic E-state index is 12.9. The number of hydrogen-bond donors (Lipinski definition) is 2. The number of aliphatic carboxylic acids is 1. The quantitative estimate of drug-likeness (QED) is 0.503. The minimum Gasteiger partial charge on any atom is -0.481 e. The van der Waals surface area contributed by atoms with Gasteiger partial charge in [0.25, 0.3) is 11.8 Å². The van der Waals surface area contributed by atoms with E-state index in [9.17, 15) is 19.2 Å². The summed E-state index contributed by atoms with van der Waals surface area (Å²) in [7, 11) is 0. The van der Waals surface area contributed by atoms with Crippen molar-refractivity contribution in [2.24, 2.45) is 0 Å². The second kappa shape index (κ2) is 8.46. The number of carboxylic acid groups (broad SMARTS) is 1. The predicted molar refractivity (Wildman–Crippen MR) is 108 cm³/mol. The number of rotatable bonds is 5. The summed E-state index contributed by atoms with van der Waals surface area (Å²) in [6.07, 6.45) is 1.19. The lowest BCUT2D eigenvalue weighted by Crippen LogP contribution is -2.54. The number of imide groups is 2.